The Morgan fingerprint density at radius 3 is 2.65 bits per heavy atom. The molecule has 0 spiro atoms. The number of sulfone groups is 1. The van der Waals surface area contributed by atoms with Crippen LogP contribution in [0, 0.1) is 13.8 Å². The van der Waals surface area contributed by atoms with Crippen LogP contribution in [-0.2, 0) is 14.6 Å². The van der Waals surface area contributed by atoms with Crippen molar-refractivity contribution >= 4 is 27.5 Å². The molecular formula is C16H23NO4S2. The molecule has 1 aromatic carbocycles. The summed E-state index contributed by atoms with van der Waals surface area (Å²) in [5.74, 6) is 1.52. The normalized spacial score (nSPS) is 19.5. The van der Waals surface area contributed by atoms with Gasteiger partial charge in [0.25, 0.3) is 0 Å². The van der Waals surface area contributed by atoms with Gasteiger partial charge < -0.3 is 10.1 Å². The fraction of sp³-hybridized carbons (Fsp3) is 0.562. The molecular weight excluding hydrogens is 334 g/mol. The van der Waals surface area contributed by atoms with Crippen molar-refractivity contribution in [1.29, 1.82) is 0 Å². The zero-order valence-corrected chi connectivity index (χ0v) is 15.1. The van der Waals surface area contributed by atoms with Crippen molar-refractivity contribution in [1.82, 2.24) is 5.32 Å². The van der Waals surface area contributed by atoms with Gasteiger partial charge in [-0.1, -0.05) is 18.2 Å². The average molecular weight is 357 g/mol. The Hall–Kier alpha value is -1.21. The SMILES string of the molecule is Cc1cccc(C)c1OCCNC(=O)CS[C@@H]1CCS(=O)(=O)C1. The predicted molar refractivity (Wildman–Crippen MR) is 93.9 cm³/mol. The minimum Gasteiger partial charge on any atom is -0.491 e. The molecule has 1 saturated heterocycles. The Labute approximate surface area is 142 Å². The predicted octanol–water partition coefficient (Wildman–Crippen LogP) is 1.72. The van der Waals surface area contributed by atoms with Crippen LogP contribution in [0.5, 0.6) is 5.75 Å². The summed E-state index contributed by atoms with van der Waals surface area (Å²) in [6.45, 7) is 4.84. The Kier molecular flexibility index (Phi) is 6.35. The molecule has 1 amide bonds. The molecule has 1 atom stereocenters. The van der Waals surface area contributed by atoms with Crippen LogP contribution in [0.25, 0.3) is 0 Å². The summed E-state index contributed by atoms with van der Waals surface area (Å²) >= 11 is 1.42. The highest BCUT2D eigenvalue weighted by atomic mass is 32.2. The number of benzene rings is 1. The number of amides is 1. The number of rotatable bonds is 7. The molecule has 1 N–H and O–H groups in total. The second kappa shape index (κ2) is 8.06. The third kappa shape index (κ3) is 5.73. The van der Waals surface area contributed by atoms with E-state index in [1.54, 1.807) is 0 Å². The summed E-state index contributed by atoms with van der Waals surface area (Å²) in [7, 11) is -2.88. The molecule has 0 radical (unpaired) electrons. The van der Waals surface area contributed by atoms with E-state index >= 15 is 0 Å². The van der Waals surface area contributed by atoms with Gasteiger partial charge in [-0.15, -0.1) is 11.8 Å². The van der Waals surface area contributed by atoms with Crippen LogP contribution in [-0.4, -0.2) is 50.0 Å². The van der Waals surface area contributed by atoms with E-state index in [-0.39, 0.29) is 22.7 Å². The number of carbonyl (C=O) groups excluding carboxylic acids is 1. The number of ether oxygens (including phenoxy) is 1. The molecule has 0 unspecified atom stereocenters. The van der Waals surface area contributed by atoms with Crippen LogP contribution in [0.2, 0.25) is 0 Å². The maximum Gasteiger partial charge on any atom is 0.230 e. The van der Waals surface area contributed by atoms with Crippen LogP contribution in [0.1, 0.15) is 17.5 Å². The van der Waals surface area contributed by atoms with Crippen LogP contribution >= 0.6 is 11.8 Å². The van der Waals surface area contributed by atoms with Gasteiger partial charge in [0.2, 0.25) is 5.91 Å². The lowest BCUT2D eigenvalue weighted by Gasteiger charge is -2.12. The summed E-state index contributed by atoms with van der Waals surface area (Å²) in [6, 6.07) is 5.97. The lowest BCUT2D eigenvalue weighted by Crippen LogP contribution is -2.30. The molecule has 128 valence electrons. The molecule has 0 aromatic heterocycles. The van der Waals surface area contributed by atoms with Crippen molar-refractivity contribution in [3.05, 3.63) is 29.3 Å². The summed E-state index contributed by atoms with van der Waals surface area (Å²) in [5, 5.41) is 2.85. The summed E-state index contributed by atoms with van der Waals surface area (Å²) < 4.78 is 28.4. The van der Waals surface area contributed by atoms with Crippen molar-refractivity contribution in [2.45, 2.75) is 25.5 Å². The molecule has 1 heterocycles. The number of hydrogen-bond acceptors (Lipinski definition) is 5. The summed E-state index contributed by atoms with van der Waals surface area (Å²) in [4.78, 5) is 11.8. The fourth-order valence-corrected chi connectivity index (χ4v) is 5.98. The van der Waals surface area contributed by atoms with Gasteiger partial charge in [-0.2, -0.15) is 0 Å². The van der Waals surface area contributed by atoms with Gasteiger partial charge in [0.05, 0.1) is 23.8 Å². The first-order chi connectivity index (χ1) is 10.9. The lowest BCUT2D eigenvalue weighted by atomic mass is 10.1. The van der Waals surface area contributed by atoms with Gasteiger partial charge in [-0.3, -0.25) is 4.79 Å². The summed E-state index contributed by atoms with van der Waals surface area (Å²) in [6.07, 6.45) is 0.649. The number of para-hydroxylation sites is 1. The standard InChI is InChI=1S/C16H23NO4S2/c1-12-4-3-5-13(2)16(12)21-8-7-17-15(18)10-22-14-6-9-23(19,20)11-14/h3-5,14H,6-11H2,1-2H3,(H,17,18)/t14-/m1/s1. The summed E-state index contributed by atoms with van der Waals surface area (Å²) in [5.41, 5.74) is 2.16. The Morgan fingerprint density at radius 2 is 2.04 bits per heavy atom. The quantitative estimate of drug-likeness (QED) is 0.752. The van der Waals surface area contributed by atoms with E-state index in [9.17, 15) is 13.2 Å². The van der Waals surface area contributed by atoms with Crippen LogP contribution in [0.4, 0.5) is 0 Å². The largest absolute Gasteiger partial charge is 0.491 e. The molecule has 5 nitrogen and oxygen atoms in total. The zero-order chi connectivity index (χ0) is 16.9. The number of hydrogen-bond donors (Lipinski definition) is 1. The molecule has 1 fully saturated rings. The van der Waals surface area contributed by atoms with Crippen LogP contribution < -0.4 is 10.1 Å². The first-order valence-corrected chi connectivity index (χ1v) is 10.5. The minimum atomic E-state index is -2.88. The Bertz CT molecular complexity index is 638. The molecule has 0 saturated carbocycles. The van der Waals surface area contributed by atoms with Crippen molar-refractivity contribution < 1.29 is 17.9 Å². The van der Waals surface area contributed by atoms with Crippen molar-refractivity contribution in [2.24, 2.45) is 0 Å². The van der Waals surface area contributed by atoms with E-state index in [4.69, 9.17) is 4.74 Å². The maximum atomic E-state index is 11.8. The highest BCUT2D eigenvalue weighted by Gasteiger charge is 2.28. The third-order valence-corrected chi connectivity index (χ3v) is 7.00. The molecule has 0 bridgehead atoms. The molecule has 1 aliphatic heterocycles. The van der Waals surface area contributed by atoms with E-state index in [0.29, 0.717) is 25.3 Å². The highest BCUT2D eigenvalue weighted by Crippen LogP contribution is 2.24. The van der Waals surface area contributed by atoms with Gasteiger partial charge in [0.15, 0.2) is 9.84 Å². The van der Waals surface area contributed by atoms with Crippen molar-refractivity contribution in [2.75, 3.05) is 30.4 Å². The number of aryl methyl sites for hydroxylation is 2. The number of thioether (sulfide) groups is 1. The van der Waals surface area contributed by atoms with Gasteiger partial charge in [0, 0.05) is 5.25 Å². The van der Waals surface area contributed by atoms with Gasteiger partial charge in [-0.05, 0) is 31.4 Å². The topological polar surface area (TPSA) is 72.5 Å². The number of nitrogens with one attached hydrogen (secondary N) is 1. The fourth-order valence-electron chi connectivity index (χ4n) is 2.51. The first-order valence-electron chi connectivity index (χ1n) is 7.65. The molecule has 7 heteroatoms. The third-order valence-electron chi connectivity index (χ3n) is 3.72. The second-order valence-corrected chi connectivity index (χ2v) is 9.27. The molecule has 1 aliphatic rings. The molecule has 1 aromatic rings. The maximum absolute atomic E-state index is 11.8. The monoisotopic (exact) mass is 357 g/mol. The minimum absolute atomic E-state index is 0.0524. The van der Waals surface area contributed by atoms with Crippen molar-refractivity contribution in [3.8, 4) is 5.75 Å². The second-order valence-electron chi connectivity index (χ2n) is 5.76. The van der Waals surface area contributed by atoms with Gasteiger partial charge in [0.1, 0.15) is 12.4 Å². The van der Waals surface area contributed by atoms with E-state index < -0.39 is 9.84 Å². The lowest BCUT2D eigenvalue weighted by molar-refractivity contribution is -0.118. The van der Waals surface area contributed by atoms with Crippen molar-refractivity contribution in [3.63, 3.8) is 0 Å². The van der Waals surface area contributed by atoms with E-state index in [0.717, 1.165) is 16.9 Å². The zero-order valence-electron chi connectivity index (χ0n) is 13.5. The van der Waals surface area contributed by atoms with Crippen LogP contribution in [0.3, 0.4) is 0 Å². The van der Waals surface area contributed by atoms with Crippen LogP contribution in [0.15, 0.2) is 18.2 Å². The Balaban J connectivity index is 1.64. The van der Waals surface area contributed by atoms with E-state index in [1.807, 2.05) is 32.0 Å². The smallest absolute Gasteiger partial charge is 0.230 e. The van der Waals surface area contributed by atoms with Gasteiger partial charge >= 0.3 is 0 Å². The Morgan fingerprint density at radius 1 is 1.35 bits per heavy atom. The van der Waals surface area contributed by atoms with Gasteiger partial charge in [-0.25, -0.2) is 8.42 Å². The average Bonchev–Trinajstić information content (AvgIpc) is 2.83. The molecule has 0 aliphatic carbocycles. The number of carbonyl (C=O) groups is 1. The van der Waals surface area contributed by atoms with E-state index in [1.165, 1.54) is 11.8 Å². The van der Waals surface area contributed by atoms with E-state index in [2.05, 4.69) is 5.32 Å². The molecule has 2 rings (SSSR count). The highest BCUT2D eigenvalue weighted by molar-refractivity contribution is 8.02. The molecule has 23 heavy (non-hydrogen) atoms. The first kappa shape index (κ1) is 18.1.